The second-order valence-electron chi connectivity index (χ2n) is 4.12. The third-order valence-corrected chi connectivity index (χ3v) is 3.18. The molecule has 0 aliphatic carbocycles. The van der Waals surface area contributed by atoms with E-state index < -0.39 is 0 Å². The van der Waals surface area contributed by atoms with E-state index in [-0.39, 0.29) is 0 Å². The van der Waals surface area contributed by atoms with Crippen LogP contribution in [-0.2, 0) is 6.54 Å². The van der Waals surface area contributed by atoms with Crippen molar-refractivity contribution in [1.29, 1.82) is 0 Å². The van der Waals surface area contributed by atoms with Gasteiger partial charge in [-0.2, -0.15) is 4.98 Å². The van der Waals surface area contributed by atoms with Gasteiger partial charge in [-0.25, -0.2) is 4.98 Å². The maximum atomic E-state index is 5.66. The molecule has 0 bridgehead atoms. The van der Waals surface area contributed by atoms with E-state index in [0.717, 1.165) is 15.7 Å². The Balaban J connectivity index is 2.15. The van der Waals surface area contributed by atoms with Crippen molar-refractivity contribution in [1.82, 2.24) is 9.97 Å². The van der Waals surface area contributed by atoms with Crippen LogP contribution in [0.3, 0.4) is 0 Å². The number of rotatable bonds is 4. The lowest BCUT2D eigenvalue weighted by molar-refractivity contribution is 0.394. The number of ether oxygens (including phenoxy) is 1. The first-order chi connectivity index (χ1) is 9.10. The number of nitrogens with zero attached hydrogens (tertiary/aromatic N) is 3. The van der Waals surface area contributed by atoms with Gasteiger partial charge in [0.25, 0.3) is 0 Å². The Bertz CT molecular complexity index is 559. The van der Waals surface area contributed by atoms with Crippen molar-refractivity contribution in [2.45, 2.75) is 6.54 Å². The van der Waals surface area contributed by atoms with Crippen LogP contribution in [-0.4, -0.2) is 24.1 Å². The van der Waals surface area contributed by atoms with Gasteiger partial charge in [0.15, 0.2) is 0 Å². The van der Waals surface area contributed by atoms with Crippen LogP contribution >= 0.6 is 15.9 Å². The first-order valence-electron chi connectivity index (χ1n) is 5.72. The highest BCUT2D eigenvalue weighted by Gasteiger charge is 2.09. The first-order valence-corrected chi connectivity index (χ1v) is 6.51. The van der Waals surface area contributed by atoms with Gasteiger partial charge in [0.2, 0.25) is 11.8 Å². The predicted molar refractivity (Wildman–Crippen MR) is 79.2 cm³/mol. The van der Waals surface area contributed by atoms with Gasteiger partial charge >= 0.3 is 0 Å². The molecule has 0 aliphatic heterocycles. The summed E-state index contributed by atoms with van der Waals surface area (Å²) in [7, 11) is 3.51. The fourth-order valence-corrected chi connectivity index (χ4v) is 1.99. The molecule has 0 fully saturated rings. The summed E-state index contributed by atoms with van der Waals surface area (Å²) in [5.74, 6) is 1.13. The highest BCUT2D eigenvalue weighted by atomic mass is 79.9. The summed E-state index contributed by atoms with van der Waals surface area (Å²) in [5.41, 5.74) is 7.56. The van der Waals surface area contributed by atoms with Gasteiger partial charge in [0, 0.05) is 19.3 Å². The molecule has 19 heavy (non-hydrogen) atoms. The van der Waals surface area contributed by atoms with Gasteiger partial charge in [0.1, 0.15) is 0 Å². The molecule has 5 nitrogen and oxygen atoms in total. The molecule has 1 aromatic heterocycles. The first kappa shape index (κ1) is 13.6. The highest BCUT2D eigenvalue weighted by Crippen LogP contribution is 2.23. The molecule has 1 heterocycles. The van der Waals surface area contributed by atoms with Gasteiger partial charge in [-0.1, -0.05) is 12.1 Å². The second kappa shape index (κ2) is 5.88. The molecule has 0 spiro atoms. The fraction of sp³-hybridized carbons (Fsp3) is 0.231. The second-order valence-corrected chi connectivity index (χ2v) is 4.98. The Kier molecular flexibility index (Phi) is 4.21. The summed E-state index contributed by atoms with van der Waals surface area (Å²) in [6.07, 6.45) is 1.68. The van der Waals surface area contributed by atoms with Crippen molar-refractivity contribution >= 4 is 27.6 Å². The van der Waals surface area contributed by atoms with Crippen molar-refractivity contribution in [2.75, 3.05) is 24.8 Å². The zero-order valence-corrected chi connectivity index (χ0v) is 12.4. The summed E-state index contributed by atoms with van der Waals surface area (Å²) >= 11 is 3.33. The number of methoxy groups -OCH3 is 1. The molecule has 0 unspecified atom stereocenters. The SMILES string of the molecule is COc1nc(N(C)Cc2ccc(N)cc2)ncc1Br. The fourth-order valence-electron chi connectivity index (χ4n) is 1.64. The van der Waals surface area contributed by atoms with Gasteiger partial charge in [0.05, 0.1) is 17.8 Å². The Morgan fingerprint density at radius 1 is 1.32 bits per heavy atom. The predicted octanol–water partition coefficient (Wildman–Crippen LogP) is 2.47. The lowest BCUT2D eigenvalue weighted by Crippen LogP contribution is -2.19. The lowest BCUT2D eigenvalue weighted by Gasteiger charge is -2.17. The van der Waals surface area contributed by atoms with Crippen LogP contribution < -0.4 is 15.4 Å². The third kappa shape index (κ3) is 3.35. The number of hydrogen-bond donors (Lipinski definition) is 1. The minimum Gasteiger partial charge on any atom is -0.480 e. The monoisotopic (exact) mass is 322 g/mol. The van der Waals surface area contributed by atoms with E-state index in [9.17, 15) is 0 Å². The third-order valence-electron chi connectivity index (χ3n) is 2.63. The molecule has 2 aromatic rings. The summed E-state index contributed by atoms with van der Waals surface area (Å²) in [6, 6.07) is 7.74. The van der Waals surface area contributed by atoms with Crippen LogP contribution in [0.25, 0.3) is 0 Å². The normalized spacial score (nSPS) is 10.3. The van der Waals surface area contributed by atoms with Crippen molar-refractivity contribution in [3.05, 3.63) is 40.5 Å². The Labute approximate surface area is 120 Å². The summed E-state index contributed by atoms with van der Waals surface area (Å²) in [4.78, 5) is 10.5. The molecular weight excluding hydrogens is 308 g/mol. The largest absolute Gasteiger partial charge is 0.480 e. The van der Waals surface area contributed by atoms with Gasteiger partial charge in [-0.15, -0.1) is 0 Å². The number of benzene rings is 1. The Morgan fingerprint density at radius 2 is 2.00 bits per heavy atom. The van der Waals surface area contributed by atoms with Crippen molar-refractivity contribution in [3.63, 3.8) is 0 Å². The molecule has 0 saturated carbocycles. The van der Waals surface area contributed by atoms with Gasteiger partial charge in [-0.3, -0.25) is 0 Å². The van der Waals surface area contributed by atoms with Crippen molar-refractivity contribution in [2.24, 2.45) is 0 Å². The van der Waals surface area contributed by atoms with E-state index >= 15 is 0 Å². The van der Waals surface area contributed by atoms with Crippen LogP contribution in [0, 0.1) is 0 Å². The number of hydrogen-bond acceptors (Lipinski definition) is 5. The molecule has 2 rings (SSSR count). The lowest BCUT2D eigenvalue weighted by atomic mass is 10.2. The van der Waals surface area contributed by atoms with Crippen molar-refractivity contribution < 1.29 is 4.74 Å². The van der Waals surface area contributed by atoms with E-state index in [1.54, 1.807) is 13.3 Å². The van der Waals surface area contributed by atoms with Gasteiger partial charge < -0.3 is 15.4 Å². The highest BCUT2D eigenvalue weighted by molar-refractivity contribution is 9.10. The maximum absolute atomic E-state index is 5.66. The smallest absolute Gasteiger partial charge is 0.232 e. The molecule has 0 saturated heterocycles. The van der Waals surface area contributed by atoms with E-state index in [4.69, 9.17) is 10.5 Å². The van der Waals surface area contributed by atoms with E-state index in [2.05, 4.69) is 25.9 Å². The number of nitrogen functional groups attached to an aromatic ring is 1. The maximum Gasteiger partial charge on any atom is 0.232 e. The van der Waals surface area contributed by atoms with Crippen LogP contribution in [0.4, 0.5) is 11.6 Å². The number of aromatic nitrogens is 2. The molecule has 100 valence electrons. The Hall–Kier alpha value is -1.82. The minimum absolute atomic E-state index is 0.522. The molecule has 0 aliphatic rings. The molecule has 6 heteroatoms. The molecule has 0 amide bonds. The van der Waals surface area contributed by atoms with Gasteiger partial charge in [-0.05, 0) is 33.6 Å². The van der Waals surface area contributed by atoms with E-state index in [1.807, 2.05) is 36.2 Å². The van der Waals surface area contributed by atoms with E-state index in [1.165, 1.54) is 0 Å². The zero-order chi connectivity index (χ0) is 13.8. The topological polar surface area (TPSA) is 64.3 Å². The summed E-state index contributed by atoms with van der Waals surface area (Å²) in [6.45, 7) is 0.699. The number of halogens is 1. The molecule has 2 N–H and O–H groups in total. The number of nitrogens with two attached hydrogens (primary N) is 1. The average molecular weight is 323 g/mol. The van der Waals surface area contributed by atoms with Crippen molar-refractivity contribution in [3.8, 4) is 5.88 Å². The summed E-state index contributed by atoms with van der Waals surface area (Å²) in [5, 5.41) is 0. The number of anilines is 2. The quantitative estimate of drug-likeness (QED) is 0.876. The van der Waals surface area contributed by atoms with E-state index in [0.29, 0.717) is 18.4 Å². The molecular formula is C13H15BrN4O. The zero-order valence-electron chi connectivity index (χ0n) is 10.8. The molecule has 1 aromatic carbocycles. The van der Waals surface area contributed by atoms with Crippen LogP contribution in [0.1, 0.15) is 5.56 Å². The minimum atomic E-state index is 0.522. The molecule has 0 radical (unpaired) electrons. The average Bonchev–Trinajstić information content (AvgIpc) is 2.42. The standard InChI is InChI=1S/C13H15BrN4O/c1-18(8-9-3-5-10(15)6-4-9)13-16-7-11(14)12(17-13)19-2/h3-7H,8,15H2,1-2H3. The molecule has 0 atom stereocenters. The van der Waals surface area contributed by atoms with Crippen LogP contribution in [0.15, 0.2) is 34.9 Å². The van der Waals surface area contributed by atoms with Crippen LogP contribution in [0.5, 0.6) is 5.88 Å². The van der Waals surface area contributed by atoms with Crippen LogP contribution in [0.2, 0.25) is 0 Å². The Morgan fingerprint density at radius 3 is 2.63 bits per heavy atom. The summed E-state index contributed by atoms with van der Waals surface area (Å²) < 4.78 is 5.90.